The van der Waals surface area contributed by atoms with Crippen molar-refractivity contribution in [3.8, 4) is 5.75 Å². The number of carbonyl (C=O) groups is 2. The van der Waals surface area contributed by atoms with Gasteiger partial charge < -0.3 is 10.1 Å². The molecule has 0 fully saturated rings. The van der Waals surface area contributed by atoms with Crippen LogP contribution in [-0.4, -0.2) is 25.1 Å². The first kappa shape index (κ1) is 16.5. The quantitative estimate of drug-likeness (QED) is 0.513. The maximum absolute atomic E-state index is 11.7. The number of nitrogens with zero attached hydrogens (tertiary/aromatic N) is 1. The van der Waals surface area contributed by atoms with Crippen LogP contribution in [0.15, 0.2) is 53.6 Å². The van der Waals surface area contributed by atoms with Crippen molar-refractivity contribution in [1.82, 2.24) is 5.43 Å². The third-order valence-electron chi connectivity index (χ3n) is 2.80. The van der Waals surface area contributed by atoms with Gasteiger partial charge in [0.05, 0.1) is 13.3 Å². The summed E-state index contributed by atoms with van der Waals surface area (Å²) in [5.41, 5.74) is 3.37. The lowest BCUT2D eigenvalue weighted by molar-refractivity contribution is -0.136. The molecule has 0 unspecified atom stereocenters. The van der Waals surface area contributed by atoms with Crippen LogP contribution in [0.3, 0.4) is 0 Å². The summed E-state index contributed by atoms with van der Waals surface area (Å²) < 4.78 is 5.00. The minimum atomic E-state index is -0.869. The van der Waals surface area contributed by atoms with Gasteiger partial charge >= 0.3 is 11.8 Å². The number of anilines is 1. The lowest BCUT2D eigenvalue weighted by Gasteiger charge is -2.05. The molecule has 0 spiro atoms. The number of benzene rings is 2. The van der Waals surface area contributed by atoms with E-state index in [1.165, 1.54) is 6.21 Å². The first-order chi connectivity index (χ1) is 11.1. The zero-order valence-corrected chi connectivity index (χ0v) is 13.0. The van der Waals surface area contributed by atoms with Crippen molar-refractivity contribution >= 4 is 35.3 Å². The van der Waals surface area contributed by atoms with Gasteiger partial charge in [0.1, 0.15) is 5.75 Å². The molecule has 2 aromatic rings. The fourth-order valence-corrected chi connectivity index (χ4v) is 1.75. The summed E-state index contributed by atoms with van der Waals surface area (Å²) in [7, 11) is 1.54. The first-order valence-corrected chi connectivity index (χ1v) is 7.00. The van der Waals surface area contributed by atoms with E-state index in [0.29, 0.717) is 16.5 Å². The number of amides is 2. The molecule has 0 aliphatic carbocycles. The van der Waals surface area contributed by atoms with Crippen molar-refractivity contribution < 1.29 is 14.3 Å². The number of ether oxygens (including phenoxy) is 1. The predicted molar refractivity (Wildman–Crippen MR) is 88.8 cm³/mol. The summed E-state index contributed by atoms with van der Waals surface area (Å²) in [6, 6.07) is 13.5. The normalized spacial score (nSPS) is 10.3. The molecule has 0 saturated heterocycles. The van der Waals surface area contributed by atoms with E-state index in [0.717, 1.165) is 5.56 Å². The molecule has 2 amide bonds. The number of hydrazone groups is 1. The molecule has 7 heteroatoms. The molecule has 23 heavy (non-hydrogen) atoms. The number of hydrogen-bond acceptors (Lipinski definition) is 4. The zero-order valence-electron chi connectivity index (χ0n) is 12.2. The monoisotopic (exact) mass is 331 g/mol. The summed E-state index contributed by atoms with van der Waals surface area (Å²) in [6.07, 6.45) is 1.41. The maximum atomic E-state index is 11.7. The molecule has 0 bridgehead atoms. The second kappa shape index (κ2) is 7.95. The fourth-order valence-electron chi connectivity index (χ4n) is 1.63. The van der Waals surface area contributed by atoms with Gasteiger partial charge in [0, 0.05) is 10.7 Å². The van der Waals surface area contributed by atoms with Gasteiger partial charge in [0.15, 0.2) is 0 Å². The smallest absolute Gasteiger partial charge is 0.329 e. The van der Waals surface area contributed by atoms with Crippen LogP contribution in [0, 0.1) is 0 Å². The predicted octanol–water partition coefficient (Wildman–Crippen LogP) is 2.44. The van der Waals surface area contributed by atoms with Crippen molar-refractivity contribution in [3.05, 3.63) is 59.1 Å². The van der Waals surface area contributed by atoms with Gasteiger partial charge in [-0.3, -0.25) is 9.59 Å². The summed E-state index contributed by atoms with van der Waals surface area (Å²) in [4.78, 5) is 23.3. The van der Waals surface area contributed by atoms with Crippen LogP contribution in [0.2, 0.25) is 5.02 Å². The largest absolute Gasteiger partial charge is 0.497 e. The summed E-state index contributed by atoms with van der Waals surface area (Å²) in [6.45, 7) is 0. The van der Waals surface area contributed by atoms with Crippen molar-refractivity contribution in [3.63, 3.8) is 0 Å². The van der Waals surface area contributed by atoms with E-state index >= 15 is 0 Å². The number of methoxy groups -OCH3 is 1. The van der Waals surface area contributed by atoms with Crippen LogP contribution < -0.4 is 15.5 Å². The molecule has 2 N–H and O–H groups in total. The Hall–Kier alpha value is -2.86. The van der Waals surface area contributed by atoms with E-state index in [1.807, 2.05) is 0 Å². The molecule has 0 radical (unpaired) electrons. The van der Waals surface area contributed by atoms with Crippen LogP contribution in [0.25, 0.3) is 0 Å². The van der Waals surface area contributed by atoms with E-state index in [-0.39, 0.29) is 0 Å². The minimum Gasteiger partial charge on any atom is -0.497 e. The highest BCUT2D eigenvalue weighted by atomic mass is 35.5. The molecule has 0 atom stereocenters. The van der Waals surface area contributed by atoms with E-state index in [9.17, 15) is 9.59 Å². The summed E-state index contributed by atoms with van der Waals surface area (Å²) in [5, 5.41) is 6.77. The van der Waals surface area contributed by atoms with E-state index < -0.39 is 11.8 Å². The highest BCUT2D eigenvalue weighted by Gasteiger charge is 2.12. The van der Waals surface area contributed by atoms with Crippen LogP contribution >= 0.6 is 11.6 Å². The third kappa shape index (κ3) is 5.12. The fraction of sp³-hybridized carbons (Fsp3) is 0.0625. The summed E-state index contributed by atoms with van der Waals surface area (Å²) in [5.74, 6) is -1.03. The van der Waals surface area contributed by atoms with Gasteiger partial charge in [-0.25, -0.2) is 5.43 Å². The number of nitrogens with one attached hydrogen (secondary N) is 2. The zero-order chi connectivity index (χ0) is 16.7. The lowest BCUT2D eigenvalue weighted by Crippen LogP contribution is -2.32. The number of hydrogen-bond donors (Lipinski definition) is 2. The second-order valence-electron chi connectivity index (χ2n) is 4.43. The summed E-state index contributed by atoms with van der Waals surface area (Å²) >= 11 is 5.76. The molecular weight excluding hydrogens is 318 g/mol. The Kier molecular flexibility index (Phi) is 5.71. The van der Waals surface area contributed by atoms with E-state index in [4.69, 9.17) is 16.3 Å². The first-order valence-electron chi connectivity index (χ1n) is 6.62. The van der Waals surface area contributed by atoms with Crippen LogP contribution in [0.1, 0.15) is 5.56 Å². The molecule has 0 aromatic heterocycles. The van der Waals surface area contributed by atoms with Crippen molar-refractivity contribution in [2.24, 2.45) is 5.10 Å². The Balaban J connectivity index is 1.86. The topological polar surface area (TPSA) is 79.8 Å². The van der Waals surface area contributed by atoms with Gasteiger partial charge in [-0.15, -0.1) is 0 Å². The molecule has 118 valence electrons. The molecule has 0 heterocycles. The number of rotatable bonds is 4. The SMILES string of the molecule is COc1ccc(NC(=O)C(=O)N/N=C\c2ccc(Cl)cc2)cc1. The Morgan fingerprint density at radius 3 is 2.30 bits per heavy atom. The van der Waals surface area contributed by atoms with E-state index in [1.54, 1.807) is 55.6 Å². The van der Waals surface area contributed by atoms with Gasteiger partial charge in [0.25, 0.3) is 0 Å². The van der Waals surface area contributed by atoms with Gasteiger partial charge in [-0.05, 0) is 42.0 Å². The average Bonchev–Trinajstić information content (AvgIpc) is 2.57. The number of halogens is 1. The van der Waals surface area contributed by atoms with Gasteiger partial charge in [0.2, 0.25) is 0 Å². The molecule has 0 aliphatic heterocycles. The van der Waals surface area contributed by atoms with E-state index in [2.05, 4.69) is 15.8 Å². The Morgan fingerprint density at radius 1 is 1.04 bits per heavy atom. The molecule has 6 nitrogen and oxygen atoms in total. The standard InChI is InChI=1S/C16H14ClN3O3/c1-23-14-8-6-13(7-9-14)19-15(21)16(22)20-18-10-11-2-4-12(17)5-3-11/h2-10H,1H3,(H,19,21)(H,20,22)/b18-10-. The van der Waals surface area contributed by atoms with Crippen molar-refractivity contribution in [1.29, 1.82) is 0 Å². The lowest BCUT2D eigenvalue weighted by atomic mass is 10.2. The van der Waals surface area contributed by atoms with Crippen LogP contribution in [0.4, 0.5) is 5.69 Å². The minimum absolute atomic E-state index is 0.479. The molecular formula is C16H14ClN3O3. The highest BCUT2D eigenvalue weighted by molar-refractivity contribution is 6.39. The van der Waals surface area contributed by atoms with Gasteiger partial charge in [-0.1, -0.05) is 23.7 Å². The Labute approximate surface area is 138 Å². The highest BCUT2D eigenvalue weighted by Crippen LogP contribution is 2.14. The average molecular weight is 332 g/mol. The Bertz CT molecular complexity index is 712. The Morgan fingerprint density at radius 2 is 1.70 bits per heavy atom. The molecule has 0 saturated carbocycles. The van der Waals surface area contributed by atoms with Crippen LogP contribution in [-0.2, 0) is 9.59 Å². The maximum Gasteiger partial charge on any atom is 0.329 e. The second-order valence-corrected chi connectivity index (χ2v) is 4.87. The third-order valence-corrected chi connectivity index (χ3v) is 3.06. The van der Waals surface area contributed by atoms with Gasteiger partial charge in [-0.2, -0.15) is 5.10 Å². The number of carbonyl (C=O) groups excluding carboxylic acids is 2. The molecule has 2 aromatic carbocycles. The van der Waals surface area contributed by atoms with Crippen LogP contribution in [0.5, 0.6) is 5.75 Å². The molecule has 2 rings (SSSR count). The molecule has 0 aliphatic rings. The van der Waals surface area contributed by atoms with Crippen molar-refractivity contribution in [2.75, 3.05) is 12.4 Å². The van der Waals surface area contributed by atoms with Crippen molar-refractivity contribution in [2.45, 2.75) is 0 Å².